The molecule has 3 unspecified atom stereocenters. The first kappa shape index (κ1) is 10.5. The van der Waals surface area contributed by atoms with Crippen molar-refractivity contribution in [1.29, 1.82) is 0 Å². The average Bonchev–Trinajstić information content (AvgIpc) is 2.05. The highest BCUT2D eigenvalue weighted by Crippen LogP contribution is 2.36. The maximum atomic E-state index is 3.70. The zero-order valence-corrected chi connectivity index (χ0v) is 9.76. The van der Waals surface area contributed by atoms with Crippen LogP contribution in [0.15, 0.2) is 0 Å². The van der Waals surface area contributed by atoms with E-state index in [2.05, 4.69) is 19.2 Å². The molecule has 1 N–H and O–H groups in total. The van der Waals surface area contributed by atoms with Crippen molar-refractivity contribution >= 4 is 0 Å². The van der Waals surface area contributed by atoms with Gasteiger partial charge in [-0.2, -0.15) is 0 Å². The lowest BCUT2D eigenvalue weighted by Crippen LogP contribution is -2.42. The second-order valence-corrected chi connectivity index (χ2v) is 5.58. The van der Waals surface area contributed by atoms with Crippen LogP contribution in [0.1, 0.15) is 52.4 Å². The van der Waals surface area contributed by atoms with E-state index < -0.39 is 0 Å². The molecule has 1 saturated carbocycles. The summed E-state index contributed by atoms with van der Waals surface area (Å²) in [6.07, 6.45) is 8.74. The third-order valence-corrected chi connectivity index (χ3v) is 4.51. The van der Waals surface area contributed by atoms with E-state index in [4.69, 9.17) is 0 Å². The molecule has 1 saturated heterocycles. The van der Waals surface area contributed by atoms with E-state index in [0.717, 1.165) is 23.8 Å². The molecule has 0 radical (unpaired) electrons. The van der Waals surface area contributed by atoms with E-state index in [9.17, 15) is 0 Å². The molecule has 0 amide bonds. The Labute approximate surface area is 88.7 Å². The molecule has 0 aromatic rings. The molecule has 0 aromatic heterocycles. The molecule has 1 aliphatic heterocycles. The summed E-state index contributed by atoms with van der Waals surface area (Å²) in [5.41, 5.74) is 0. The Balaban J connectivity index is 1.76. The second kappa shape index (κ2) is 4.65. The van der Waals surface area contributed by atoms with Gasteiger partial charge in [-0.15, -0.1) is 0 Å². The predicted octanol–water partition coefficient (Wildman–Crippen LogP) is 3.20. The first-order valence-corrected chi connectivity index (χ1v) is 6.50. The normalized spacial score (nSPS) is 36.4. The second-order valence-electron chi connectivity index (χ2n) is 5.58. The van der Waals surface area contributed by atoms with Crippen molar-refractivity contribution in [3.05, 3.63) is 0 Å². The quantitative estimate of drug-likeness (QED) is 0.729. The van der Waals surface area contributed by atoms with Crippen molar-refractivity contribution in [3.63, 3.8) is 0 Å². The number of hydrogen-bond donors (Lipinski definition) is 1. The van der Waals surface area contributed by atoms with Crippen LogP contribution in [0.5, 0.6) is 0 Å². The van der Waals surface area contributed by atoms with Gasteiger partial charge >= 0.3 is 0 Å². The maximum absolute atomic E-state index is 3.70. The Kier molecular flexibility index (Phi) is 3.48. The molecule has 1 nitrogen and oxygen atoms in total. The van der Waals surface area contributed by atoms with Crippen LogP contribution in [0.2, 0.25) is 0 Å². The van der Waals surface area contributed by atoms with Gasteiger partial charge in [0, 0.05) is 6.04 Å². The fourth-order valence-corrected chi connectivity index (χ4v) is 3.03. The molecule has 1 heteroatoms. The minimum atomic E-state index is 0.819. The fraction of sp³-hybridized carbons (Fsp3) is 1.00. The van der Waals surface area contributed by atoms with E-state index in [-0.39, 0.29) is 0 Å². The Morgan fingerprint density at radius 1 is 1.21 bits per heavy atom. The van der Waals surface area contributed by atoms with Gasteiger partial charge < -0.3 is 5.32 Å². The Bertz CT molecular complexity index is 174. The minimum absolute atomic E-state index is 0.819. The molecule has 14 heavy (non-hydrogen) atoms. The van der Waals surface area contributed by atoms with E-state index in [1.54, 1.807) is 0 Å². The summed E-state index contributed by atoms with van der Waals surface area (Å²) in [5, 5.41) is 3.70. The van der Waals surface area contributed by atoms with Gasteiger partial charge in [0.2, 0.25) is 0 Å². The summed E-state index contributed by atoms with van der Waals surface area (Å²) in [7, 11) is 0. The van der Waals surface area contributed by atoms with Gasteiger partial charge in [0.05, 0.1) is 0 Å². The van der Waals surface area contributed by atoms with Crippen LogP contribution in [0.25, 0.3) is 0 Å². The van der Waals surface area contributed by atoms with Gasteiger partial charge in [-0.3, -0.25) is 0 Å². The highest BCUT2D eigenvalue weighted by molar-refractivity contribution is 4.83. The topological polar surface area (TPSA) is 12.0 Å². The molecule has 82 valence electrons. The van der Waals surface area contributed by atoms with E-state index >= 15 is 0 Å². The number of rotatable bonds is 3. The maximum Gasteiger partial charge on any atom is 0.00953 e. The van der Waals surface area contributed by atoms with Crippen molar-refractivity contribution in [3.8, 4) is 0 Å². The van der Waals surface area contributed by atoms with Crippen LogP contribution in [-0.2, 0) is 0 Å². The van der Waals surface area contributed by atoms with E-state index in [1.807, 2.05) is 0 Å². The highest BCUT2D eigenvalue weighted by Gasteiger charge is 2.28. The van der Waals surface area contributed by atoms with Gasteiger partial charge in [-0.1, -0.05) is 33.1 Å². The summed E-state index contributed by atoms with van der Waals surface area (Å²) in [6.45, 7) is 6.14. The zero-order chi connectivity index (χ0) is 9.97. The lowest BCUT2D eigenvalue weighted by atomic mass is 9.73. The summed E-state index contributed by atoms with van der Waals surface area (Å²) >= 11 is 0. The standard InChI is InChI=1S/C13H25N/c1-10-5-4-8-14-13(10)9-11(2)12-6-3-7-12/h10-14H,3-9H2,1-2H3. The number of piperidine rings is 1. The Hall–Kier alpha value is -0.0400. The zero-order valence-electron chi connectivity index (χ0n) is 9.76. The monoisotopic (exact) mass is 195 g/mol. The van der Waals surface area contributed by atoms with Gasteiger partial charge in [0.25, 0.3) is 0 Å². The molecule has 0 spiro atoms. The van der Waals surface area contributed by atoms with Crippen molar-refractivity contribution in [1.82, 2.24) is 5.32 Å². The summed E-state index contributed by atoms with van der Waals surface area (Å²) in [4.78, 5) is 0. The van der Waals surface area contributed by atoms with Crippen molar-refractivity contribution in [2.75, 3.05) is 6.54 Å². The molecule has 2 fully saturated rings. The van der Waals surface area contributed by atoms with Crippen LogP contribution in [0.4, 0.5) is 0 Å². The molecule has 1 aliphatic carbocycles. The highest BCUT2D eigenvalue weighted by atomic mass is 14.9. The van der Waals surface area contributed by atoms with Crippen LogP contribution < -0.4 is 5.32 Å². The third kappa shape index (κ3) is 2.31. The largest absolute Gasteiger partial charge is 0.314 e. The molecule has 1 heterocycles. The average molecular weight is 195 g/mol. The SMILES string of the molecule is CC(CC1NCCCC1C)C1CCC1. The first-order chi connectivity index (χ1) is 6.77. The molecule has 0 bridgehead atoms. The van der Waals surface area contributed by atoms with Gasteiger partial charge in [0.1, 0.15) is 0 Å². The van der Waals surface area contributed by atoms with E-state index in [1.165, 1.54) is 45.1 Å². The summed E-state index contributed by atoms with van der Waals surface area (Å²) < 4.78 is 0. The smallest absolute Gasteiger partial charge is 0.00953 e. The minimum Gasteiger partial charge on any atom is -0.314 e. The molecule has 3 atom stereocenters. The Morgan fingerprint density at radius 3 is 2.57 bits per heavy atom. The van der Waals surface area contributed by atoms with Gasteiger partial charge in [-0.05, 0) is 43.6 Å². The van der Waals surface area contributed by atoms with Crippen LogP contribution in [0, 0.1) is 17.8 Å². The third-order valence-electron chi connectivity index (χ3n) is 4.51. The van der Waals surface area contributed by atoms with Crippen molar-refractivity contribution in [2.24, 2.45) is 17.8 Å². The molecular formula is C13H25N. The van der Waals surface area contributed by atoms with Crippen molar-refractivity contribution in [2.45, 2.75) is 58.4 Å². The van der Waals surface area contributed by atoms with Crippen LogP contribution >= 0.6 is 0 Å². The fourth-order valence-electron chi connectivity index (χ4n) is 3.03. The summed E-state index contributed by atoms with van der Waals surface area (Å²) in [6, 6.07) is 0.819. The lowest BCUT2D eigenvalue weighted by Gasteiger charge is -2.37. The lowest BCUT2D eigenvalue weighted by molar-refractivity contribution is 0.169. The molecule has 2 aliphatic rings. The molecule has 0 aromatic carbocycles. The Morgan fingerprint density at radius 2 is 2.00 bits per heavy atom. The predicted molar refractivity (Wildman–Crippen MR) is 61.3 cm³/mol. The summed E-state index contributed by atoms with van der Waals surface area (Å²) in [5.74, 6) is 2.93. The molecule has 2 rings (SSSR count). The van der Waals surface area contributed by atoms with Gasteiger partial charge in [-0.25, -0.2) is 0 Å². The van der Waals surface area contributed by atoms with Crippen molar-refractivity contribution < 1.29 is 0 Å². The number of nitrogens with one attached hydrogen (secondary N) is 1. The number of hydrogen-bond acceptors (Lipinski definition) is 1. The van der Waals surface area contributed by atoms with Crippen LogP contribution in [-0.4, -0.2) is 12.6 Å². The van der Waals surface area contributed by atoms with Crippen LogP contribution in [0.3, 0.4) is 0 Å². The first-order valence-electron chi connectivity index (χ1n) is 6.50. The van der Waals surface area contributed by atoms with Gasteiger partial charge in [0.15, 0.2) is 0 Å². The van der Waals surface area contributed by atoms with E-state index in [0.29, 0.717) is 0 Å². The molecular weight excluding hydrogens is 170 g/mol.